The summed E-state index contributed by atoms with van der Waals surface area (Å²) in [6.45, 7) is 2.38. The highest BCUT2D eigenvalue weighted by Gasteiger charge is 2.17. The maximum absolute atomic E-state index is 4.04. The third-order valence-electron chi connectivity index (χ3n) is 2.71. The third-order valence-corrected chi connectivity index (χ3v) is 3.22. The summed E-state index contributed by atoms with van der Waals surface area (Å²) in [5, 5.41) is 0. The predicted molar refractivity (Wildman–Crippen MR) is 57.5 cm³/mol. The fourth-order valence-corrected chi connectivity index (χ4v) is 2.17. The average Bonchev–Trinajstić information content (AvgIpc) is 2.20. The van der Waals surface area contributed by atoms with E-state index in [1.165, 1.54) is 31.5 Å². The molecule has 0 aliphatic carbocycles. The zero-order valence-corrected chi connectivity index (χ0v) is 8.84. The van der Waals surface area contributed by atoms with E-state index in [9.17, 15) is 0 Å². The van der Waals surface area contributed by atoms with Gasteiger partial charge in [-0.3, -0.25) is 9.65 Å². The SMILES string of the molecule is PN1CCC(c2ccncc2)CC1. The van der Waals surface area contributed by atoms with Gasteiger partial charge in [0.25, 0.3) is 0 Å². The van der Waals surface area contributed by atoms with E-state index >= 15 is 0 Å². The first-order valence-electron chi connectivity index (χ1n) is 4.76. The van der Waals surface area contributed by atoms with Crippen LogP contribution in [0.4, 0.5) is 0 Å². The molecule has 70 valence electrons. The molecule has 3 heteroatoms. The Morgan fingerprint density at radius 2 is 1.85 bits per heavy atom. The molecule has 1 unspecified atom stereocenters. The van der Waals surface area contributed by atoms with Crippen LogP contribution in [-0.2, 0) is 0 Å². The first-order chi connectivity index (χ1) is 6.36. The molecule has 1 aromatic heterocycles. The van der Waals surface area contributed by atoms with Crippen molar-refractivity contribution in [2.24, 2.45) is 0 Å². The summed E-state index contributed by atoms with van der Waals surface area (Å²) >= 11 is 0. The van der Waals surface area contributed by atoms with Gasteiger partial charge < -0.3 is 0 Å². The molecule has 0 saturated carbocycles. The highest BCUT2D eigenvalue weighted by Crippen LogP contribution is 2.28. The van der Waals surface area contributed by atoms with Crippen LogP contribution in [0.15, 0.2) is 24.5 Å². The number of rotatable bonds is 1. The lowest BCUT2D eigenvalue weighted by Gasteiger charge is -2.28. The number of pyridine rings is 1. The van der Waals surface area contributed by atoms with Gasteiger partial charge in [0.1, 0.15) is 0 Å². The monoisotopic (exact) mass is 194 g/mol. The van der Waals surface area contributed by atoms with Crippen LogP contribution in [0.25, 0.3) is 0 Å². The van der Waals surface area contributed by atoms with Gasteiger partial charge in [-0.25, -0.2) is 0 Å². The van der Waals surface area contributed by atoms with Crippen LogP contribution in [-0.4, -0.2) is 22.7 Å². The normalized spacial score (nSPS) is 20.4. The standard InChI is InChI=1S/C10H15N2P/c13-12-7-3-10(4-8-12)9-1-5-11-6-2-9/h1-2,5-6,10H,3-4,7-8,13H2. The molecule has 0 amide bonds. The summed E-state index contributed by atoms with van der Waals surface area (Å²) in [5.74, 6) is 0.750. The van der Waals surface area contributed by atoms with Gasteiger partial charge in [0.05, 0.1) is 0 Å². The smallest absolute Gasteiger partial charge is 0.0270 e. The predicted octanol–water partition coefficient (Wildman–Crippen LogP) is 2.05. The number of hydrogen-bond acceptors (Lipinski definition) is 2. The van der Waals surface area contributed by atoms with Crippen LogP contribution in [0.3, 0.4) is 0 Å². The number of hydrogen-bond donors (Lipinski definition) is 0. The van der Waals surface area contributed by atoms with E-state index in [0.717, 1.165) is 5.92 Å². The summed E-state index contributed by atoms with van der Waals surface area (Å²) in [6, 6.07) is 4.28. The van der Waals surface area contributed by atoms with Crippen LogP contribution in [0.5, 0.6) is 0 Å². The molecule has 0 radical (unpaired) electrons. The lowest BCUT2D eigenvalue weighted by Crippen LogP contribution is -2.24. The number of aromatic nitrogens is 1. The van der Waals surface area contributed by atoms with Crippen LogP contribution in [0.2, 0.25) is 0 Å². The van der Waals surface area contributed by atoms with Crippen molar-refractivity contribution in [2.75, 3.05) is 13.1 Å². The molecule has 0 aromatic carbocycles. The highest BCUT2D eigenvalue weighted by molar-refractivity contribution is 7.13. The minimum atomic E-state index is 0.750. The zero-order valence-electron chi connectivity index (χ0n) is 7.69. The van der Waals surface area contributed by atoms with Crippen molar-refractivity contribution in [3.8, 4) is 0 Å². The molecule has 1 atom stereocenters. The van der Waals surface area contributed by atoms with Crippen LogP contribution < -0.4 is 0 Å². The lowest BCUT2D eigenvalue weighted by molar-refractivity contribution is 0.345. The molecule has 2 rings (SSSR count). The van der Waals surface area contributed by atoms with Crippen molar-refractivity contribution in [1.29, 1.82) is 0 Å². The fourth-order valence-electron chi connectivity index (χ4n) is 1.87. The molecule has 1 saturated heterocycles. The molecule has 13 heavy (non-hydrogen) atoms. The number of piperidine rings is 1. The summed E-state index contributed by atoms with van der Waals surface area (Å²) in [6.07, 6.45) is 6.33. The Kier molecular flexibility index (Phi) is 2.92. The van der Waals surface area contributed by atoms with E-state index in [2.05, 4.69) is 31.2 Å². The van der Waals surface area contributed by atoms with Crippen LogP contribution >= 0.6 is 9.39 Å². The third kappa shape index (κ3) is 2.26. The summed E-state index contributed by atoms with van der Waals surface area (Å²) in [4.78, 5) is 4.04. The Hall–Kier alpha value is -0.460. The highest BCUT2D eigenvalue weighted by atomic mass is 31.0. The van der Waals surface area contributed by atoms with Crippen LogP contribution in [0, 0.1) is 0 Å². The van der Waals surface area contributed by atoms with Crippen molar-refractivity contribution in [1.82, 2.24) is 9.65 Å². The Bertz CT molecular complexity index is 255. The van der Waals surface area contributed by atoms with Crippen molar-refractivity contribution in [3.63, 3.8) is 0 Å². The van der Waals surface area contributed by atoms with E-state index in [0.29, 0.717) is 0 Å². The molecule has 1 aromatic rings. The first kappa shape index (κ1) is 9.11. The second-order valence-electron chi connectivity index (χ2n) is 3.59. The molecule has 0 N–H and O–H groups in total. The molecule has 1 fully saturated rings. The quantitative estimate of drug-likeness (QED) is 0.636. The topological polar surface area (TPSA) is 16.1 Å². The molecule has 2 heterocycles. The fraction of sp³-hybridized carbons (Fsp3) is 0.500. The van der Waals surface area contributed by atoms with Gasteiger partial charge >= 0.3 is 0 Å². The van der Waals surface area contributed by atoms with Gasteiger partial charge in [0.2, 0.25) is 0 Å². The molecule has 0 spiro atoms. The maximum atomic E-state index is 4.04. The second kappa shape index (κ2) is 4.17. The van der Waals surface area contributed by atoms with E-state index in [1.54, 1.807) is 0 Å². The zero-order chi connectivity index (χ0) is 9.10. The van der Waals surface area contributed by atoms with Crippen molar-refractivity contribution in [2.45, 2.75) is 18.8 Å². The largest absolute Gasteiger partial charge is 0.287 e. The van der Waals surface area contributed by atoms with Crippen molar-refractivity contribution >= 4 is 9.39 Å². The summed E-state index contributed by atoms with van der Waals surface area (Å²) in [7, 11) is 2.78. The van der Waals surface area contributed by atoms with Crippen LogP contribution in [0.1, 0.15) is 24.3 Å². The Labute approximate surface area is 81.6 Å². The van der Waals surface area contributed by atoms with Gasteiger partial charge in [0.15, 0.2) is 0 Å². The summed E-state index contributed by atoms with van der Waals surface area (Å²) in [5.41, 5.74) is 1.45. The van der Waals surface area contributed by atoms with E-state index < -0.39 is 0 Å². The Balaban J connectivity index is 2.03. The molecule has 0 bridgehead atoms. The van der Waals surface area contributed by atoms with Gasteiger partial charge in [-0.05, 0) is 36.5 Å². The van der Waals surface area contributed by atoms with Gasteiger partial charge in [-0.2, -0.15) is 0 Å². The minimum absolute atomic E-state index is 0.750. The van der Waals surface area contributed by atoms with E-state index in [1.807, 2.05) is 12.4 Å². The second-order valence-corrected chi connectivity index (χ2v) is 4.32. The summed E-state index contributed by atoms with van der Waals surface area (Å²) < 4.78 is 2.32. The lowest BCUT2D eigenvalue weighted by atomic mass is 9.91. The van der Waals surface area contributed by atoms with Gasteiger partial charge in [-0.1, -0.05) is 9.39 Å². The Morgan fingerprint density at radius 1 is 1.23 bits per heavy atom. The van der Waals surface area contributed by atoms with Crippen molar-refractivity contribution in [3.05, 3.63) is 30.1 Å². The number of nitrogens with zero attached hydrogens (tertiary/aromatic N) is 2. The van der Waals surface area contributed by atoms with E-state index in [4.69, 9.17) is 0 Å². The molecule has 2 nitrogen and oxygen atoms in total. The minimum Gasteiger partial charge on any atom is -0.287 e. The van der Waals surface area contributed by atoms with E-state index in [-0.39, 0.29) is 0 Å². The van der Waals surface area contributed by atoms with Gasteiger partial charge in [0, 0.05) is 25.5 Å². The Morgan fingerprint density at radius 3 is 2.46 bits per heavy atom. The average molecular weight is 194 g/mol. The molecular formula is C10H15N2P. The molecule has 1 aliphatic rings. The molecular weight excluding hydrogens is 179 g/mol. The van der Waals surface area contributed by atoms with Gasteiger partial charge in [-0.15, -0.1) is 0 Å². The van der Waals surface area contributed by atoms with Crippen molar-refractivity contribution < 1.29 is 0 Å². The molecule has 1 aliphatic heterocycles. The first-order valence-corrected chi connectivity index (χ1v) is 5.27. The maximum Gasteiger partial charge on any atom is 0.0270 e.